The number of carboxylic acids is 1. The number of carbonyl (C=O) groups is 1. The van der Waals surface area contributed by atoms with Gasteiger partial charge in [-0.1, -0.05) is 0 Å². The summed E-state index contributed by atoms with van der Waals surface area (Å²) < 4.78 is 11.0. The second-order valence-electron chi connectivity index (χ2n) is 3.74. The van der Waals surface area contributed by atoms with E-state index in [1.54, 1.807) is 0 Å². The van der Waals surface area contributed by atoms with Gasteiger partial charge in [-0.2, -0.15) is 0 Å². The van der Waals surface area contributed by atoms with E-state index >= 15 is 0 Å². The quantitative estimate of drug-likeness (QED) is 0.763. The lowest BCUT2D eigenvalue weighted by molar-refractivity contribution is -0.147. The van der Waals surface area contributed by atoms with Crippen LogP contribution >= 0.6 is 15.9 Å². The Kier molecular flexibility index (Phi) is 3.63. The maximum atomic E-state index is 10.9. The summed E-state index contributed by atoms with van der Waals surface area (Å²) in [5.74, 6) is -1.47. The maximum Gasteiger partial charge on any atom is 0.337 e. The number of phenolic OH excluding ortho intramolecular Hbond substituents is 1. The Bertz CT molecular complexity index is 487. The Labute approximate surface area is 111 Å². The number of hydrogen-bond acceptors (Lipinski definition) is 5. The molecule has 98 valence electrons. The third kappa shape index (κ3) is 2.23. The number of phenols is 1. The van der Waals surface area contributed by atoms with Crippen LogP contribution in [0.5, 0.6) is 17.2 Å². The number of fused-ring (bicyclic) bond motifs is 1. The van der Waals surface area contributed by atoms with Crippen LogP contribution in [0.1, 0.15) is 18.1 Å². The van der Waals surface area contributed by atoms with Gasteiger partial charge in [0, 0.05) is 12.5 Å². The first kappa shape index (κ1) is 13.0. The molecule has 0 aliphatic carbocycles. The van der Waals surface area contributed by atoms with E-state index in [4.69, 9.17) is 14.6 Å². The molecule has 3 N–H and O–H groups in total. The van der Waals surface area contributed by atoms with Crippen LogP contribution in [0, 0.1) is 0 Å². The summed E-state index contributed by atoms with van der Waals surface area (Å²) in [5, 5.41) is 28.3. The highest BCUT2D eigenvalue weighted by atomic mass is 79.9. The van der Waals surface area contributed by atoms with E-state index in [0.29, 0.717) is 25.4 Å². The second-order valence-corrected chi connectivity index (χ2v) is 4.59. The first-order valence-electron chi connectivity index (χ1n) is 5.24. The smallest absolute Gasteiger partial charge is 0.337 e. The zero-order valence-electron chi connectivity index (χ0n) is 9.22. The van der Waals surface area contributed by atoms with Crippen LogP contribution in [0.3, 0.4) is 0 Å². The number of aliphatic hydroxyl groups is 1. The molecule has 0 saturated carbocycles. The van der Waals surface area contributed by atoms with E-state index < -0.39 is 12.1 Å². The molecule has 6 nitrogen and oxygen atoms in total. The Morgan fingerprint density at radius 3 is 2.72 bits per heavy atom. The Balaban J connectivity index is 2.61. The van der Waals surface area contributed by atoms with Gasteiger partial charge >= 0.3 is 5.97 Å². The van der Waals surface area contributed by atoms with E-state index in [-0.39, 0.29) is 21.5 Å². The number of aliphatic hydroxyl groups excluding tert-OH is 1. The highest BCUT2D eigenvalue weighted by Crippen LogP contribution is 2.46. The average Bonchev–Trinajstić information content (AvgIpc) is 2.55. The van der Waals surface area contributed by atoms with E-state index in [1.807, 2.05) is 0 Å². The van der Waals surface area contributed by atoms with Crippen molar-refractivity contribution >= 4 is 21.9 Å². The predicted octanol–water partition coefficient (Wildman–Crippen LogP) is 1.43. The highest BCUT2D eigenvalue weighted by Gasteiger charge is 2.30. The first-order valence-corrected chi connectivity index (χ1v) is 6.03. The molecular formula is C11H11BrO6. The summed E-state index contributed by atoms with van der Waals surface area (Å²) in [6, 6.07) is 1.48. The van der Waals surface area contributed by atoms with E-state index in [1.165, 1.54) is 6.07 Å². The van der Waals surface area contributed by atoms with Gasteiger partial charge in [-0.05, 0) is 15.9 Å². The van der Waals surface area contributed by atoms with Gasteiger partial charge in [-0.25, -0.2) is 4.79 Å². The van der Waals surface area contributed by atoms with Gasteiger partial charge in [0.2, 0.25) is 0 Å². The normalized spacial score (nSPS) is 15.9. The minimum absolute atomic E-state index is 0.0723. The standard InChI is InChI=1S/C11H11BrO6/c12-5-4-6-10(18-3-1-2-17-6)7(8(5)13)9(14)11(15)16/h4,9,13-14H,1-3H2,(H,15,16). The Morgan fingerprint density at radius 2 is 2.06 bits per heavy atom. The molecule has 1 aliphatic rings. The third-order valence-electron chi connectivity index (χ3n) is 2.51. The predicted molar refractivity (Wildman–Crippen MR) is 64.0 cm³/mol. The van der Waals surface area contributed by atoms with Crippen molar-refractivity contribution in [2.75, 3.05) is 13.2 Å². The van der Waals surface area contributed by atoms with Crippen molar-refractivity contribution < 1.29 is 29.6 Å². The zero-order valence-corrected chi connectivity index (χ0v) is 10.8. The van der Waals surface area contributed by atoms with Crippen LogP contribution < -0.4 is 9.47 Å². The molecule has 0 radical (unpaired) electrons. The monoisotopic (exact) mass is 318 g/mol. The SMILES string of the molecule is O=C(O)C(O)c1c(O)c(Br)cc2c1OCCCO2. The van der Waals surface area contributed by atoms with Gasteiger partial charge in [0.15, 0.2) is 17.6 Å². The van der Waals surface area contributed by atoms with E-state index in [0.717, 1.165) is 0 Å². The van der Waals surface area contributed by atoms with Crippen molar-refractivity contribution in [2.24, 2.45) is 0 Å². The topological polar surface area (TPSA) is 96.2 Å². The molecule has 1 atom stereocenters. The van der Waals surface area contributed by atoms with Crippen LogP contribution in [0.15, 0.2) is 10.5 Å². The molecule has 1 aromatic rings. The molecule has 0 amide bonds. The molecule has 1 aromatic carbocycles. The lowest BCUT2D eigenvalue weighted by atomic mass is 10.1. The summed E-state index contributed by atoms with van der Waals surface area (Å²) in [4.78, 5) is 10.9. The van der Waals surface area contributed by atoms with E-state index in [2.05, 4.69) is 15.9 Å². The largest absolute Gasteiger partial charge is 0.506 e. The minimum atomic E-state index is -1.88. The van der Waals surface area contributed by atoms with Crippen LogP contribution in [-0.2, 0) is 4.79 Å². The van der Waals surface area contributed by atoms with Crippen molar-refractivity contribution in [3.63, 3.8) is 0 Å². The van der Waals surface area contributed by atoms with Crippen molar-refractivity contribution in [3.8, 4) is 17.2 Å². The molecule has 0 fully saturated rings. The summed E-state index contributed by atoms with van der Waals surface area (Å²) in [6.07, 6.45) is -1.24. The number of rotatable bonds is 2. The third-order valence-corrected chi connectivity index (χ3v) is 3.11. The Morgan fingerprint density at radius 1 is 1.39 bits per heavy atom. The number of aromatic hydroxyl groups is 1. The molecule has 0 bridgehead atoms. The maximum absolute atomic E-state index is 10.9. The van der Waals surface area contributed by atoms with Crippen molar-refractivity contribution in [1.29, 1.82) is 0 Å². The fourth-order valence-electron chi connectivity index (χ4n) is 1.67. The van der Waals surface area contributed by atoms with Gasteiger partial charge in [-0.15, -0.1) is 0 Å². The van der Waals surface area contributed by atoms with Gasteiger partial charge in [-0.3, -0.25) is 0 Å². The minimum Gasteiger partial charge on any atom is -0.506 e. The number of halogens is 1. The summed E-state index contributed by atoms with van der Waals surface area (Å²) in [6.45, 7) is 0.750. The Hall–Kier alpha value is -1.47. The van der Waals surface area contributed by atoms with Gasteiger partial charge in [0.1, 0.15) is 5.75 Å². The molecule has 1 aliphatic heterocycles. The van der Waals surface area contributed by atoms with Crippen LogP contribution in [0.2, 0.25) is 0 Å². The molecule has 7 heteroatoms. The summed E-state index contributed by atoms with van der Waals surface area (Å²) >= 11 is 3.08. The molecule has 0 aromatic heterocycles. The second kappa shape index (κ2) is 5.03. The molecule has 2 rings (SSSR count). The lowest BCUT2D eigenvalue weighted by Gasteiger charge is -2.17. The summed E-state index contributed by atoms with van der Waals surface area (Å²) in [5.41, 5.74) is -0.200. The fraction of sp³-hybridized carbons (Fsp3) is 0.364. The number of carboxylic acid groups (broad SMARTS) is 1. The molecule has 1 unspecified atom stereocenters. The fourth-order valence-corrected chi connectivity index (χ4v) is 2.09. The van der Waals surface area contributed by atoms with Crippen LogP contribution in [0.25, 0.3) is 0 Å². The number of ether oxygens (including phenoxy) is 2. The van der Waals surface area contributed by atoms with Crippen molar-refractivity contribution in [2.45, 2.75) is 12.5 Å². The molecular weight excluding hydrogens is 308 g/mol. The van der Waals surface area contributed by atoms with Gasteiger partial charge in [0.05, 0.1) is 23.2 Å². The molecule has 1 heterocycles. The number of aliphatic carboxylic acids is 1. The zero-order chi connectivity index (χ0) is 13.3. The highest BCUT2D eigenvalue weighted by molar-refractivity contribution is 9.10. The van der Waals surface area contributed by atoms with Gasteiger partial charge in [0.25, 0.3) is 0 Å². The van der Waals surface area contributed by atoms with Crippen LogP contribution in [0.4, 0.5) is 0 Å². The molecule has 18 heavy (non-hydrogen) atoms. The number of hydrogen-bond donors (Lipinski definition) is 3. The van der Waals surface area contributed by atoms with Gasteiger partial charge < -0.3 is 24.8 Å². The molecule has 0 spiro atoms. The van der Waals surface area contributed by atoms with E-state index in [9.17, 15) is 15.0 Å². The van der Waals surface area contributed by atoms with Crippen molar-refractivity contribution in [1.82, 2.24) is 0 Å². The number of benzene rings is 1. The lowest BCUT2D eigenvalue weighted by Crippen LogP contribution is -2.13. The first-order chi connectivity index (χ1) is 8.52. The average molecular weight is 319 g/mol. The van der Waals surface area contributed by atoms with Crippen molar-refractivity contribution in [3.05, 3.63) is 16.1 Å². The molecule has 0 saturated heterocycles. The summed E-state index contributed by atoms with van der Waals surface area (Å²) in [7, 11) is 0. The van der Waals surface area contributed by atoms with Crippen LogP contribution in [-0.4, -0.2) is 34.5 Å².